The van der Waals surface area contributed by atoms with Crippen LogP contribution in [0.1, 0.15) is 13.3 Å². The predicted molar refractivity (Wildman–Crippen MR) is 80.0 cm³/mol. The highest BCUT2D eigenvalue weighted by Crippen LogP contribution is 2.32. The molecule has 0 saturated heterocycles. The average Bonchev–Trinajstić information content (AvgIpc) is 2.46. The van der Waals surface area contributed by atoms with Crippen molar-refractivity contribution in [3.8, 4) is 0 Å². The fourth-order valence-corrected chi connectivity index (χ4v) is 2.86. The molecule has 3 rings (SSSR count). The van der Waals surface area contributed by atoms with Gasteiger partial charge in [0.25, 0.3) is 0 Å². The number of pyridine rings is 1. The van der Waals surface area contributed by atoms with E-state index in [2.05, 4.69) is 22.4 Å². The summed E-state index contributed by atoms with van der Waals surface area (Å²) >= 11 is 0. The van der Waals surface area contributed by atoms with Crippen LogP contribution in [0, 0.1) is 0 Å². The van der Waals surface area contributed by atoms with Crippen molar-refractivity contribution in [2.24, 2.45) is 0 Å². The van der Waals surface area contributed by atoms with Crippen molar-refractivity contribution >= 4 is 16.5 Å². The SMILES string of the molecule is CCOC1CC(Nc2cccc3cnccc23)C1OC. The Morgan fingerprint density at radius 3 is 3.05 bits per heavy atom. The van der Waals surface area contributed by atoms with E-state index in [1.54, 1.807) is 7.11 Å². The normalized spacial score (nSPS) is 25.4. The molecule has 20 heavy (non-hydrogen) atoms. The number of anilines is 1. The third-order valence-corrected chi connectivity index (χ3v) is 3.92. The minimum absolute atomic E-state index is 0.118. The molecule has 3 atom stereocenters. The van der Waals surface area contributed by atoms with E-state index >= 15 is 0 Å². The molecule has 0 bridgehead atoms. The topological polar surface area (TPSA) is 43.4 Å². The van der Waals surface area contributed by atoms with Gasteiger partial charge in [0, 0.05) is 42.6 Å². The van der Waals surface area contributed by atoms with Crippen molar-refractivity contribution in [3.05, 3.63) is 36.7 Å². The Labute approximate surface area is 119 Å². The van der Waals surface area contributed by atoms with E-state index in [0.717, 1.165) is 24.1 Å². The molecule has 0 amide bonds. The molecule has 4 nitrogen and oxygen atoms in total. The summed E-state index contributed by atoms with van der Waals surface area (Å²) in [6, 6.07) is 8.56. The summed E-state index contributed by atoms with van der Waals surface area (Å²) in [5.74, 6) is 0. The van der Waals surface area contributed by atoms with Gasteiger partial charge < -0.3 is 14.8 Å². The van der Waals surface area contributed by atoms with Crippen molar-refractivity contribution in [2.75, 3.05) is 19.0 Å². The van der Waals surface area contributed by atoms with Gasteiger partial charge in [-0.15, -0.1) is 0 Å². The summed E-state index contributed by atoms with van der Waals surface area (Å²) in [4.78, 5) is 4.16. The van der Waals surface area contributed by atoms with Gasteiger partial charge in [0.15, 0.2) is 0 Å². The molecule has 1 heterocycles. The molecule has 0 spiro atoms. The summed E-state index contributed by atoms with van der Waals surface area (Å²) in [6.45, 7) is 2.75. The van der Waals surface area contributed by atoms with Crippen LogP contribution in [0.4, 0.5) is 5.69 Å². The number of benzene rings is 1. The predicted octanol–water partition coefficient (Wildman–Crippen LogP) is 2.84. The van der Waals surface area contributed by atoms with Gasteiger partial charge in [0.05, 0.1) is 12.1 Å². The van der Waals surface area contributed by atoms with Gasteiger partial charge in [-0.3, -0.25) is 4.98 Å². The molecular weight excluding hydrogens is 252 g/mol. The molecule has 1 aromatic heterocycles. The molecule has 1 saturated carbocycles. The number of aromatic nitrogens is 1. The second-order valence-electron chi connectivity index (χ2n) is 5.08. The first-order chi connectivity index (χ1) is 9.83. The fraction of sp³-hybridized carbons (Fsp3) is 0.438. The number of methoxy groups -OCH3 is 1. The van der Waals surface area contributed by atoms with E-state index in [9.17, 15) is 0 Å². The van der Waals surface area contributed by atoms with Gasteiger partial charge in [-0.1, -0.05) is 12.1 Å². The van der Waals surface area contributed by atoms with Crippen molar-refractivity contribution < 1.29 is 9.47 Å². The second-order valence-corrected chi connectivity index (χ2v) is 5.08. The molecule has 1 aliphatic rings. The first-order valence-electron chi connectivity index (χ1n) is 7.07. The van der Waals surface area contributed by atoms with Crippen molar-refractivity contribution in [3.63, 3.8) is 0 Å². The fourth-order valence-electron chi connectivity index (χ4n) is 2.86. The van der Waals surface area contributed by atoms with Crippen LogP contribution in [-0.4, -0.2) is 37.0 Å². The van der Waals surface area contributed by atoms with E-state index < -0.39 is 0 Å². The number of nitrogens with one attached hydrogen (secondary N) is 1. The third kappa shape index (κ3) is 2.37. The van der Waals surface area contributed by atoms with E-state index in [0.29, 0.717) is 6.04 Å². The molecule has 4 heteroatoms. The Balaban J connectivity index is 1.77. The minimum Gasteiger partial charge on any atom is -0.379 e. The maximum atomic E-state index is 5.66. The summed E-state index contributed by atoms with van der Waals surface area (Å²) < 4.78 is 11.2. The average molecular weight is 272 g/mol. The van der Waals surface area contributed by atoms with Crippen LogP contribution in [0.25, 0.3) is 10.8 Å². The zero-order valence-electron chi connectivity index (χ0n) is 11.9. The summed E-state index contributed by atoms with van der Waals surface area (Å²) in [5, 5.41) is 5.92. The molecule has 0 aliphatic heterocycles. The molecule has 106 valence electrons. The lowest BCUT2D eigenvalue weighted by Crippen LogP contribution is -2.56. The van der Waals surface area contributed by atoms with Crippen LogP contribution < -0.4 is 5.32 Å². The molecule has 1 fully saturated rings. The molecule has 0 radical (unpaired) electrons. The number of fused-ring (bicyclic) bond motifs is 1. The number of hydrogen-bond acceptors (Lipinski definition) is 4. The lowest BCUT2D eigenvalue weighted by Gasteiger charge is -2.43. The minimum atomic E-state index is 0.118. The van der Waals surface area contributed by atoms with Crippen molar-refractivity contribution in [1.82, 2.24) is 4.98 Å². The van der Waals surface area contributed by atoms with Crippen LogP contribution in [0.2, 0.25) is 0 Å². The zero-order chi connectivity index (χ0) is 13.9. The largest absolute Gasteiger partial charge is 0.379 e. The van der Waals surface area contributed by atoms with E-state index in [1.807, 2.05) is 31.5 Å². The van der Waals surface area contributed by atoms with Gasteiger partial charge >= 0.3 is 0 Å². The lowest BCUT2D eigenvalue weighted by atomic mass is 9.85. The van der Waals surface area contributed by atoms with Crippen LogP contribution in [0.5, 0.6) is 0 Å². The van der Waals surface area contributed by atoms with Crippen molar-refractivity contribution in [1.29, 1.82) is 0 Å². The Kier molecular flexibility index (Phi) is 3.85. The first-order valence-corrected chi connectivity index (χ1v) is 7.07. The first kappa shape index (κ1) is 13.3. The summed E-state index contributed by atoms with van der Waals surface area (Å²) in [6.07, 6.45) is 5.02. The lowest BCUT2D eigenvalue weighted by molar-refractivity contribution is -0.117. The number of rotatable bonds is 5. The van der Waals surface area contributed by atoms with Gasteiger partial charge in [0.2, 0.25) is 0 Å². The standard InChI is InChI=1S/C16H20N2O2/c1-3-20-15-9-14(16(15)19-2)18-13-6-4-5-11-10-17-8-7-12(11)13/h4-8,10,14-16,18H,3,9H2,1-2H3. The highest BCUT2D eigenvalue weighted by atomic mass is 16.5. The Bertz CT molecular complexity index is 582. The quantitative estimate of drug-likeness (QED) is 0.909. The Morgan fingerprint density at radius 2 is 2.25 bits per heavy atom. The van der Waals surface area contributed by atoms with E-state index in [4.69, 9.17) is 9.47 Å². The Hall–Kier alpha value is -1.65. The van der Waals surface area contributed by atoms with Crippen LogP contribution in [0.15, 0.2) is 36.7 Å². The molecule has 2 aromatic rings. The third-order valence-electron chi connectivity index (χ3n) is 3.92. The molecule has 1 aliphatic carbocycles. The smallest absolute Gasteiger partial charge is 0.103 e. The highest BCUT2D eigenvalue weighted by molar-refractivity contribution is 5.93. The second kappa shape index (κ2) is 5.77. The van der Waals surface area contributed by atoms with Gasteiger partial charge in [-0.2, -0.15) is 0 Å². The van der Waals surface area contributed by atoms with Gasteiger partial charge in [-0.05, 0) is 25.5 Å². The Morgan fingerprint density at radius 1 is 1.35 bits per heavy atom. The van der Waals surface area contributed by atoms with Gasteiger partial charge in [-0.25, -0.2) is 0 Å². The summed E-state index contributed by atoms with van der Waals surface area (Å²) in [7, 11) is 1.75. The van der Waals surface area contributed by atoms with Crippen LogP contribution in [-0.2, 0) is 9.47 Å². The van der Waals surface area contributed by atoms with E-state index in [1.165, 1.54) is 5.39 Å². The number of hydrogen-bond donors (Lipinski definition) is 1. The number of nitrogens with zero attached hydrogens (tertiary/aromatic N) is 1. The zero-order valence-corrected chi connectivity index (χ0v) is 11.9. The van der Waals surface area contributed by atoms with Crippen LogP contribution in [0.3, 0.4) is 0 Å². The molecule has 3 unspecified atom stereocenters. The monoisotopic (exact) mass is 272 g/mol. The van der Waals surface area contributed by atoms with Gasteiger partial charge in [0.1, 0.15) is 6.10 Å². The molecule has 1 aromatic carbocycles. The van der Waals surface area contributed by atoms with Crippen molar-refractivity contribution in [2.45, 2.75) is 31.6 Å². The summed E-state index contributed by atoms with van der Waals surface area (Å²) in [5.41, 5.74) is 1.13. The molecular formula is C16H20N2O2. The van der Waals surface area contributed by atoms with E-state index in [-0.39, 0.29) is 12.2 Å². The molecule has 1 N–H and O–H groups in total. The highest BCUT2D eigenvalue weighted by Gasteiger charge is 2.42. The maximum Gasteiger partial charge on any atom is 0.103 e. The number of ether oxygens (including phenoxy) is 2. The maximum absolute atomic E-state index is 5.66. The van der Waals surface area contributed by atoms with Crippen LogP contribution >= 0.6 is 0 Å².